The summed E-state index contributed by atoms with van der Waals surface area (Å²) in [7, 11) is 0. The molecular formula is C12H14O. The van der Waals surface area contributed by atoms with Crippen molar-refractivity contribution in [1.82, 2.24) is 0 Å². The summed E-state index contributed by atoms with van der Waals surface area (Å²) in [6.07, 6.45) is 4.79. The van der Waals surface area contributed by atoms with Crippen molar-refractivity contribution in [3.05, 3.63) is 41.5 Å². The van der Waals surface area contributed by atoms with E-state index in [1.54, 1.807) is 0 Å². The van der Waals surface area contributed by atoms with Crippen molar-refractivity contribution in [2.75, 3.05) is 0 Å². The van der Waals surface area contributed by atoms with E-state index in [0.717, 1.165) is 17.5 Å². The molecule has 2 atom stereocenters. The van der Waals surface area contributed by atoms with Crippen LogP contribution in [0.25, 0.3) is 6.08 Å². The van der Waals surface area contributed by atoms with Gasteiger partial charge in [0, 0.05) is 0 Å². The average molecular weight is 174 g/mol. The molecule has 0 aliphatic heterocycles. The van der Waals surface area contributed by atoms with E-state index in [-0.39, 0.29) is 6.10 Å². The summed E-state index contributed by atoms with van der Waals surface area (Å²) in [5.41, 5.74) is 2.21. The van der Waals surface area contributed by atoms with Crippen LogP contribution in [0.5, 0.6) is 0 Å². The minimum absolute atomic E-state index is 0.304. The van der Waals surface area contributed by atoms with Crippen molar-refractivity contribution in [2.24, 2.45) is 5.92 Å². The number of fused-ring (bicyclic) bond motifs is 1. The molecule has 0 saturated carbocycles. The second-order valence-electron chi connectivity index (χ2n) is 3.72. The van der Waals surface area contributed by atoms with Crippen LogP contribution in [0, 0.1) is 5.92 Å². The Morgan fingerprint density at radius 2 is 2.08 bits per heavy atom. The number of allylic oxidation sites excluding steroid dienone is 1. The molecule has 0 spiro atoms. The van der Waals surface area contributed by atoms with E-state index < -0.39 is 0 Å². The van der Waals surface area contributed by atoms with Gasteiger partial charge in [-0.3, -0.25) is 0 Å². The molecule has 0 amide bonds. The maximum atomic E-state index is 9.87. The Labute approximate surface area is 78.7 Å². The molecule has 1 aliphatic rings. The summed E-state index contributed by atoms with van der Waals surface area (Å²) in [6.45, 7) is 2.13. The summed E-state index contributed by atoms with van der Waals surface area (Å²) in [5, 5.41) is 9.87. The average Bonchev–Trinajstić information content (AvgIpc) is 2.27. The van der Waals surface area contributed by atoms with Crippen LogP contribution in [-0.2, 0) is 0 Å². The van der Waals surface area contributed by atoms with Gasteiger partial charge in [0.25, 0.3) is 0 Å². The lowest BCUT2D eigenvalue weighted by Crippen LogP contribution is -2.01. The second-order valence-corrected chi connectivity index (χ2v) is 3.72. The number of rotatable bonds is 0. The van der Waals surface area contributed by atoms with Crippen LogP contribution < -0.4 is 0 Å². The third kappa shape index (κ3) is 1.65. The Morgan fingerprint density at radius 1 is 1.31 bits per heavy atom. The summed E-state index contributed by atoms with van der Waals surface area (Å²) >= 11 is 0. The quantitative estimate of drug-likeness (QED) is 0.641. The zero-order chi connectivity index (χ0) is 9.26. The summed E-state index contributed by atoms with van der Waals surface area (Å²) in [4.78, 5) is 0. The van der Waals surface area contributed by atoms with Crippen LogP contribution in [0.4, 0.5) is 0 Å². The van der Waals surface area contributed by atoms with E-state index in [4.69, 9.17) is 0 Å². The first-order valence-electron chi connectivity index (χ1n) is 4.72. The first-order valence-corrected chi connectivity index (χ1v) is 4.72. The van der Waals surface area contributed by atoms with E-state index in [0.29, 0.717) is 5.92 Å². The molecule has 1 nitrogen and oxygen atoms in total. The molecule has 1 aliphatic carbocycles. The van der Waals surface area contributed by atoms with Crippen molar-refractivity contribution in [2.45, 2.75) is 19.4 Å². The lowest BCUT2D eigenvalue weighted by molar-refractivity contribution is 0.156. The molecule has 0 heterocycles. The molecular weight excluding hydrogens is 160 g/mol. The maximum absolute atomic E-state index is 9.87. The van der Waals surface area contributed by atoms with E-state index in [1.165, 1.54) is 0 Å². The van der Waals surface area contributed by atoms with Crippen molar-refractivity contribution in [1.29, 1.82) is 0 Å². The van der Waals surface area contributed by atoms with Gasteiger partial charge in [0.05, 0.1) is 6.10 Å². The SMILES string of the molecule is CC1C=Cc2ccccc2C(O)C1. The summed E-state index contributed by atoms with van der Waals surface area (Å²) in [5.74, 6) is 0.461. The predicted octanol–water partition coefficient (Wildman–Crippen LogP) is 2.77. The molecule has 2 rings (SSSR count). The third-order valence-electron chi connectivity index (χ3n) is 2.55. The predicted molar refractivity (Wildman–Crippen MR) is 54.2 cm³/mol. The lowest BCUT2D eigenvalue weighted by atomic mass is 9.99. The first kappa shape index (κ1) is 8.52. The van der Waals surface area contributed by atoms with Crippen molar-refractivity contribution in [3.63, 3.8) is 0 Å². The number of aliphatic hydroxyl groups is 1. The largest absolute Gasteiger partial charge is 0.388 e. The van der Waals surface area contributed by atoms with Crippen LogP contribution >= 0.6 is 0 Å². The van der Waals surface area contributed by atoms with Gasteiger partial charge in [-0.2, -0.15) is 0 Å². The van der Waals surface area contributed by atoms with Gasteiger partial charge in [-0.1, -0.05) is 43.3 Å². The zero-order valence-corrected chi connectivity index (χ0v) is 7.77. The van der Waals surface area contributed by atoms with Crippen molar-refractivity contribution in [3.8, 4) is 0 Å². The Kier molecular flexibility index (Phi) is 2.19. The molecule has 0 radical (unpaired) electrons. The van der Waals surface area contributed by atoms with Crippen molar-refractivity contribution >= 4 is 6.08 Å². The minimum atomic E-state index is -0.304. The molecule has 0 fully saturated rings. The van der Waals surface area contributed by atoms with Crippen LogP contribution in [0.3, 0.4) is 0 Å². The van der Waals surface area contributed by atoms with Crippen LogP contribution in [0.15, 0.2) is 30.3 Å². The van der Waals surface area contributed by atoms with Gasteiger partial charge in [-0.25, -0.2) is 0 Å². The van der Waals surface area contributed by atoms with E-state index in [2.05, 4.69) is 19.1 Å². The van der Waals surface area contributed by atoms with Gasteiger partial charge >= 0.3 is 0 Å². The molecule has 1 aromatic carbocycles. The first-order chi connectivity index (χ1) is 6.27. The van der Waals surface area contributed by atoms with Gasteiger partial charge in [0.15, 0.2) is 0 Å². The Balaban J connectivity index is 2.45. The molecule has 1 heteroatoms. The number of hydrogen-bond donors (Lipinski definition) is 1. The third-order valence-corrected chi connectivity index (χ3v) is 2.55. The number of aliphatic hydroxyl groups excluding tert-OH is 1. The second kappa shape index (κ2) is 3.35. The van der Waals surface area contributed by atoms with Gasteiger partial charge in [0.1, 0.15) is 0 Å². The van der Waals surface area contributed by atoms with E-state index in [9.17, 15) is 5.11 Å². The fraction of sp³-hybridized carbons (Fsp3) is 0.333. The molecule has 68 valence electrons. The fourth-order valence-electron chi connectivity index (χ4n) is 1.79. The normalized spacial score (nSPS) is 26.6. The monoisotopic (exact) mass is 174 g/mol. The standard InChI is InChI=1S/C12H14O/c1-9-6-7-10-4-2-3-5-11(10)12(13)8-9/h2-7,9,12-13H,8H2,1H3. The van der Waals surface area contributed by atoms with E-state index >= 15 is 0 Å². The molecule has 2 unspecified atom stereocenters. The van der Waals surface area contributed by atoms with Gasteiger partial charge < -0.3 is 5.11 Å². The van der Waals surface area contributed by atoms with Crippen LogP contribution in [0.1, 0.15) is 30.6 Å². The van der Waals surface area contributed by atoms with Crippen LogP contribution in [0.2, 0.25) is 0 Å². The number of hydrogen-bond acceptors (Lipinski definition) is 1. The van der Waals surface area contributed by atoms with Crippen molar-refractivity contribution < 1.29 is 5.11 Å². The smallest absolute Gasteiger partial charge is 0.0801 e. The molecule has 13 heavy (non-hydrogen) atoms. The highest BCUT2D eigenvalue weighted by molar-refractivity contribution is 5.55. The molecule has 0 saturated heterocycles. The Bertz CT molecular complexity index is 328. The molecule has 1 aromatic rings. The Hall–Kier alpha value is -1.08. The van der Waals surface area contributed by atoms with Gasteiger partial charge in [-0.05, 0) is 23.5 Å². The lowest BCUT2D eigenvalue weighted by Gasteiger charge is -2.12. The molecule has 0 bridgehead atoms. The van der Waals surface area contributed by atoms with Crippen LogP contribution in [-0.4, -0.2) is 5.11 Å². The molecule has 1 N–H and O–H groups in total. The maximum Gasteiger partial charge on any atom is 0.0801 e. The zero-order valence-electron chi connectivity index (χ0n) is 7.77. The fourth-order valence-corrected chi connectivity index (χ4v) is 1.79. The summed E-state index contributed by atoms with van der Waals surface area (Å²) in [6, 6.07) is 8.03. The summed E-state index contributed by atoms with van der Waals surface area (Å²) < 4.78 is 0. The topological polar surface area (TPSA) is 20.2 Å². The highest BCUT2D eigenvalue weighted by Crippen LogP contribution is 2.29. The number of benzene rings is 1. The van der Waals surface area contributed by atoms with E-state index in [1.807, 2.05) is 24.3 Å². The minimum Gasteiger partial charge on any atom is -0.388 e. The highest BCUT2D eigenvalue weighted by atomic mass is 16.3. The van der Waals surface area contributed by atoms with Gasteiger partial charge in [0.2, 0.25) is 0 Å². The molecule has 0 aromatic heterocycles. The Morgan fingerprint density at radius 3 is 2.92 bits per heavy atom. The van der Waals surface area contributed by atoms with Gasteiger partial charge in [-0.15, -0.1) is 0 Å². The highest BCUT2D eigenvalue weighted by Gasteiger charge is 2.15.